The molecule has 0 radical (unpaired) electrons. The maximum absolute atomic E-state index is 12.5. The molecule has 0 fully saturated rings. The number of rotatable bonds is 7. The monoisotopic (exact) mass is 343 g/mol. The van der Waals surface area contributed by atoms with Crippen LogP contribution in [-0.4, -0.2) is 32.8 Å². The highest BCUT2D eigenvalue weighted by Crippen LogP contribution is 2.12. The zero-order valence-electron chi connectivity index (χ0n) is 15.1. The zero-order chi connectivity index (χ0) is 18.6. The Morgan fingerprint density at radius 2 is 2.00 bits per heavy atom. The minimum Gasteiger partial charge on any atom is -0.480 e. The van der Waals surface area contributed by atoms with Gasteiger partial charge < -0.3 is 10.4 Å². The van der Waals surface area contributed by atoms with E-state index in [9.17, 15) is 14.7 Å². The first-order valence-electron chi connectivity index (χ1n) is 8.45. The molecule has 1 aromatic heterocycles. The molecule has 2 N–H and O–H groups in total. The molecule has 2 aromatic rings. The standard InChI is InChI=1S/C19H25N3O3/c1-5-12(2)17(19(24)25)20-18(23)16-8-6-7-15(10-16)11-22-14(4)9-13(3)21-22/h6-10,12,17H,5,11H2,1-4H3,(H,20,23)(H,24,25)/t12-,17-/m0/s1. The van der Waals surface area contributed by atoms with Gasteiger partial charge in [0, 0.05) is 11.3 Å². The van der Waals surface area contributed by atoms with Gasteiger partial charge in [0.25, 0.3) is 5.91 Å². The van der Waals surface area contributed by atoms with Crippen molar-refractivity contribution in [2.75, 3.05) is 0 Å². The van der Waals surface area contributed by atoms with E-state index in [4.69, 9.17) is 0 Å². The molecule has 0 spiro atoms. The summed E-state index contributed by atoms with van der Waals surface area (Å²) in [6, 6.07) is 8.31. The highest BCUT2D eigenvalue weighted by molar-refractivity contribution is 5.96. The zero-order valence-corrected chi connectivity index (χ0v) is 15.1. The molecule has 0 bridgehead atoms. The highest BCUT2D eigenvalue weighted by atomic mass is 16.4. The van der Waals surface area contributed by atoms with Crippen LogP contribution in [0.1, 0.15) is 47.6 Å². The van der Waals surface area contributed by atoms with Crippen LogP contribution >= 0.6 is 0 Å². The number of benzene rings is 1. The molecule has 0 aliphatic heterocycles. The van der Waals surface area contributed by atoms with Gasteiger partial charge in [0.2, 0.25) is 0 Å². The fraction of sp³-hybridized carbons (Fsp3) is 0.421. The molecule has 25 heavy (non-hydrogen) atoms. The van der Waals surface area contributed by atoms with E-state index in [1.807, 2.05) is 44.5 Å². The second-order valence-corrected chi connectivity index (χ2v) is 6.46. The largest absolute Gasteiger partial charge is 0.480 e. The molecule has 134 valence electrons. The van der Waals surface area contributed by atoms with Crippen molar-refractivity contribution in [2.45, 2.75) is 46.7 Å². The molecular weight excluding hydrogens is 318 g/mol. The van der Waals surface area contributed by atoms with Crippen molar-refractivity contribution in [3.8, 4) is 0 Å². The predicted octanol–water partition coefficient (Wildman–Crippen LogP) is 2.78. The highest BCUT2D eigenvalue weighted by Gasteiger charge is 2.25. The topological polar surface area (TPSA) is 84.2 Å². The van der Waals surface area contributed by atoms with Crippen LogP contribution in [0.15, 0.2) is 30.3 Å². The van der Waals surface area contributed by atoms with E-state index >= 15 is 0 Å². The van der Waals surface area contributed by atoms with Gasteiger partial charge in [-0.15, -0.1) is 0 Å². The lowest BCUT2D eigenvalue weighted by Crippen LogP contribution is -2.45. The predicted molar refractivity (Wildman–Crippen MR) is 95.6 cm³/mol. The van der Waals surface area contributed by atoms with Crippen molar-refractivity contribution < 1.29 is 14.7 Å². The van der Waals surface area contributed by atoms with Crippen LogP contribution in [0.25, 0.3) is 0 Å². The van der Waals surface area contributed by atoms with Crippen molar-refractivity contribution in [3.05, 3.63) is 52.8 Å². The molecule has 6 nitrogen and oxygen atoms in total. The fourth-order valence-corrected chi connectivity index (χ4v) is 2.73. The Balaban J connectivity index is 2.15. The Kier molecular flexibility index (Phi) is 5.96. The number of amides is 1. The molecule has 2 atom stereocenters. The maximum Gasteiger partial charge on any atom is 0.326 e. The Bertz CT molecular complexity index is 767. The Hall–Kier alpha value is -2.63. The third-order valence-corrected chi connectivity index (χ3v) is 4.39. The van der Waals surface area contributed by atoms with Crippen molar-refractivity contribution >= 4 is 11.9 Å². The van der Waals surface area contributed by atoms with E-state index in [0.717, 1.165) is 17.0 Å². The van der Waals surface area contributed by atoms with Crippen molar-refractivity contribution in [1.29, 1.82) is 0 Å². The van der Waals surface area contributed by atoms with Gasteiger partial charge in [0.05, 0.1) is 12.2 Å². The lowest BCUT2D eigenvalue weighted by molar-refractivity contribution is -0.140. The molecule has 0 saturated carbocycles. The minimum atomic E-state index is -1.01. The van der Waals surface area contributed by atoms with Crippen LogP contribution in [0.5, 0.6) is 0 Å². The molecule has 0 unspecified atom stereocenters. The number of carbonyl (C=O) groups is 2. The molecule has 0 aliphatic rings. The summed E-state index contributed by atoms with van der Waals surface area (Å²) in [5, 5.41) is 16.4. The van der Waals surface area contributed by atoms with Gasteiger partial charge >= 0.3 is 5.97 Å². The smallest absolute Gasteiger partial charge is 0.326 e. The quantitative estimate of drug-likeness (QED) is 0.809. The Morgan fingerprint density at radius 1 is 1.28 bits per heavy atom. The normalized spacial score (nSPS) is 13.3. The van der Waals surface area contributed by atoms with Gasteiger partial charge in [-0.25, -0.2) is 4.79 Å². The van der Waals surface area contributed by atoms with Gasteiger partial charge in [-0.2, -0.15) is 5.10 Å². The molecule has 1 amide bonds. The number of hydrogen-bond acceptors (Lipinski definition) is 3. The summed E-state index contributed by atoms with van der Waals surface area (Å²) >= 11 is 0. The van der Waals surface area contributed by atoms with E-state index in [2.05, 4.69) is 10.4 Å². The van der Waals surface area contributed by atoms with E-state index in [1.165, 1.54) is 0 Å². The van der Waals surface area contributed by atoms with Gasteiger partial charge in [0.15, 0.2) is 0 Å². The molecule has 1 heterocycles. The lowest BCUT2D eigenvalue weighted by Gasteiger charge is -2.20. The van der Waals surface area contributed by atoms with E-state index in [1.54, 1.807) is 18.2 Å². The average Bonchev–Trinajstić information content (AvgIpc) is 2.89. The second-order valence-electron chi connectivity index (χ2n) is 6.46. The number of aliphatic carboxylic acids is 1. The SMILES string of the molecule is CC[C@H](C)[C@H](NC(=O)c1cccc(Cn2nc(C)cc2C)c1)C(=O)O. The average molecular weight is 343 g/mol. The summed E-state index contributed by atoms with van der Waals surface area (Å²) in [4.78, 5) is 23.8. The first-order chi connectivity index (χ1) is 11.8. The van der Waals surface area contributed by atoms with Crippen LogP contribution in [0.3, 0.4) is 0 Å². The van der Waals surface area contributed by atoms with Crippen LogP contribution in [0.2, 0.25) is 0 Å². The molecule has 0 saturated heterocycles. The number of carbonyl (C=O) groups excluding carboxylic acids is 1. The first kappa shape index (κ1) is 18.7. The molecular formula is C19H25N3O3. The van der Waals surface area contributed by atoms with Crippen molar-refractivity contribution in [3.63, 3.8) is 0 Å². The van der Waals surface area contributed by atoms with Crippen LogP contribution < -0.4 is 5.32 Å². The second kappa shape index (κ2) is 7.96. The van der Waals surface area contributed by atoms with Gasteiger partial charge in [-0.05, 0) is 43.5 Å². The number of aryl methyl sites for hydroxylation is 2. The number of hydrogen-bond donors (Lipinski definition) is 2. The summed E-state index contributed by atoms with van der Waals surface area (Å²) in [6.07, 6.45) is 0.676. The van der Waals surface area contributed by atoms with E-state index in [-0.39, 0.29) is 11.8 Å². The maximum atomic E-state index is 12.5. The van der Waals surface area contributed by atoms with Gasteiger partial charge in [-0.3, -0.25) is 9.48 Å². The van der Waals surface area contributed by atoms with Crippen molar-refractivity contribution in [1.82, 2.24) is 15.1 Å². The number of carboxylic acids is 1. The summed E-state index contributed by atoms with van der Waals surface area (Å²) < 4.78 is 1.88. The number of aromatic nitrogens is 2. The van der Waals surface area contributed by atoms with Gasteiger partial charge in [0.1, 0.15) is 6.04 Å². The Morgan fingerprint density at radius 3 is 2.56 bits per heavy atom. The van der Waals surface area contributed by atoms with E-state index < -0.39 is 12.0 Å². The third kappa shape index (κ3) is 4.68. The summed E-state index contributed by atoms with van der Waals surface area (Å²) in [6.45, 7) is 8.21. The Labute approximate surface area is 147 Å². The number of nitrogens with one attached hydrogen (secondary N) is 1. The van der Waals surface area contributed by atoms with Crippen molar-refractivity contribution in [2.24, 2.45) is 5.92 Å². The summed E-state index contributed by atoms with van der Waals surface area (Å²) in [7, 11) is 0. The lowest BCUT2D eigenvalue weighted by atomic mass is 9.98. The summed E-state index contributed by atoms with van der Waals surface area (Å²) in [5.74, 6) is -1.52. The third-order valence-electron chi connectivity index (χ3n) is 4.39. The fourth-order valence-electron chi connectivity index (χ4n) is 2.73. The van der Waals surface area contributed by atoms with Crippen LogP contribution in [0, 0.1) is 19.8 Å². The molecule has 0 aliphatic carbocycles. The van der Waals surface area contributed by atoms with E-state index in [0.29, 0.717) is 18.5 Å². The number of nitrogens with zero attached hydrogens (tertiary/aromatic N) is 2. The first-order valence-corrected chi connectivity index (χ1v) is 8.45. The minimum absolute atomic E-state index is 0.140. The van der Waals surface area contributed by atoms with Gasteiger partial charge in [-0.1, -0.05) is 32.4 Å². The van der Waals surface area contributed by atoms with Crippen LogP contribution in [0.4, 0.5) is 0 Å². The molecule has 6 heteroatoms. The molecule has 1 aromatic carbocycles. The number of carboxylic acid groups (broad SMARTS) is 1. The molecule has 2 rings (SSSR count). The van der Waals surface area contributed by atoms with Crippen LogP contribution in [-0.2, 0) is 11.3 Å². The summed E-state index contributed by atoms with van der Waals surface area (Å²) in [5.41, 5.74) is 3.39.